The van der Waals surface area contributed by atoms with Crippen LogP contribution in [0.1, 0.15) is 23.6 Å². The van der Waals surface area contributed by atoms with Gasteiger partial charge in [-0.15, -0.1) is 0 Å². The summed E-state index contributed by atoms with van der Waals surface area (Å²) >= 11 is 0. The van der Waals surface area contributed by atoms with Crippen molar-refractivity contribution in [2.75, 3.05) is 24.2 Å². The Hall–Kier alpha value is -3.65. The van der Waals surface area contributed by atoms with Crippen molar-refractivity contribution in [1.82, 2.24) is 10.2 Å². The minimum atomic E-state index is -3.76. The van der Waals surface area contributed by atoms with Crippen molar-refractivity contribution in [2.24, 2.45) is 0 Å². The predicted octanol–water partition coefficient (Wildman–Crippen LogP) is 3.40. The van der Waals surface area contributed by atoms with E-state index in [1.54, 1.807) is 12.1 Å². The standard InChI is InChI=1S/C28H33N3O4S/c1-4-22-15-17-25(18-16-22)31(36(3,34)35)21-27(32)30(20-24-13-9-6-10-14-24)26(28(33)29-2)19-23-11-7-5-8-12-23/h5-18,26H,4,19-21H2,1-3H3,(H,29,33)/t26-/m0/s1. The van der Waals surface area contributed by atoms with Gasteiger partial charge in [-0.25, -0.2) is 8.42 Å². The highest BCUT2D eigenvalue weighted by Crippen LogP contribution is 2.21. The molecule has 2 amide bonds. The van der Waals surface area contributed by atoms with Crippen molar-refractivity contribution in [1.29, 1.82) is 0 Å². The number of carbonyl (C=O) groups is 2. The van der Waals surface area contributed by atoms with E-state index in [9.17, 15) is 18.0 Å². The molecule has 0 bridgehead atoms. The van der Waals surface area contributed by atoms with Gasteiger partial charge in [0.1, 0.15) is 12.6 Å². The number of benzene rings is 3. The van der Waals surface area contributed by atoms with E-state index in [1.807, 2.05) is 79.7 Å². The molecule has 3 aromatic carbocycles. The zero-order valence-corrected chi connectivity index (χ0v) is 21.7. The van der Waals surface area contributed by atoms with E-state index in [0.29, 0.717) is 12.1 Å². The lowest BCUT2D eigenvalue weighted by molar-refractivity contribution is -0.139. The molecule has 0 aliphatic heterocycles. The van der Waals surface area contributed by atoms with Crippen molar-refractivity contribution >= 4 is 27.5 Å². The normalized spacial score (nSPS) is 12.0. The van der Waals surface area contributed by atoms with Crippen LogP contribution in [0.4, 0.5) is 5.69 Å². The van der Waals surface area contributed by atoms with Gasteiger partial charge in [-0.05, 0) is 35.2 Å². The number of likely N-dealkylation sites (N-methyl/N-ethyl adjacent to an activating group) is 1. The highest BCUT2D eigenvalue weighted by Gasteiger charge is 2.32. The highest BCUT2D eigenvalue weighted by molar-refractivity contribution is 7.92. The summed E-state index contributed by atoms with van der Waals surface area (Å²) in [5, 5.41) is 2.67. The van der Waals surface area contributed by atoms with Crippen molar-refractivity contribution in [2.45, 2.75) is 32.4 Å². The molecule has 3 aromatic rings. The molecular weight excluding hydrogens is 474 g/mol. The third-order valence-electron chi connectivity index (χ3n) is 6.03. The molecule has 0 unspecified atom stereocenters. The zero-order valence-electron chi connectivity index (χ0n) is 20.9. The molecule has 7 nitrogen and oxygen atoms in total. The molecule has 0 saturated heterocycles. The first-order valence-corrected chi connectivity index (χ1v) is 13.7. The van der Waals surface area contributed by atoms with Crippen LogP contribution < -0.4 is 9.62 Å². The van der Waals surface area contributed by atoms with Gasteiger partial charge in [0, 0.05) is 20.0 Å². The van der Waals surface area contributed by atoms with Gasteiger partial charge in [-0.1, -0.05) is 79.7 Å². The van der Waals surface area contributed by atoms with Gasteiger partial charge in [0.25, 0.3) is 0 Å². The van der Waals surface area contributed by atoms with Gasteiger partial charge in [0.05, 0.1) is 11.9 Å². The van der Waals surface area contributed by atoms with Crippen LogP contribution in [0.5, 0.6) is 0 Å². The van der Waals surface area contributed by atoms with Crippen LogP contribution in [0.3, 0.4) is 0 Å². The van der Waals surface area contributed by atoms with Crippen LogP contribution in [-0.4, -0.2) is 51.0 Å². The Morgan fingerprint density at radius 3 is 1.89 bits per heavy atom. The predicted molar refractivity (Wildman–Crippen MR) is 143 cm³/mol. The fraction of sp³-hybridized carbons (Fsp3) is 0.286. The Balaban J connectivity index is 1.99. The Labute approximate surface area is 213 Å². The second-order valence-electron chi connectivity index (χ2n) is 8.62. The summed E-state index contributed by atoms with van der Waals surface area (Å²) in [6.07, 6.45) is 2.19. The fourth-order valence-electron chi connectivity index (χ4n) is 4.01. The SMILES string of the molecule is CCc1ccc(N(CC(=O)N(Cc2ccccc2)[C@@H](Cc2ccccc2)C(=O)NC)S(C)(=O)=O)cc1. The smallest absolute Gasteiger partial charge is 0.244 e. The first-order valence-electron chi connectivity index (χ1n) is 11.9. The van der Waals surface area contributed by atoms with Gasteiger partial charge in [0.15, 0.2) is 0 Å². The number of hydrogen-bond acceptors (Lipinski definition) is 4. The van der Waals surface area contributed by atoms with Crippen LogP contribution in [0.15, 0.2) is 84.9 Å². The minimum Gasteiger partial charge on any atom is -0.357 e. The summed E-state index contributed by atoms with van der Waals surface area (Å²) < 4.78 is 26.6. The van der Waals surface area contributed by atoms with E-state index in [1.165, 1.54) is 11.9 Å². The molecule has 0 heterocycles. The van der Waals surface area contributed by atoms with E-state index in [-0.39, 0.29) is 12.5 Å². The summed E-state index contributed by atoms with van der Waals surface area (Å²) in [7, 11) is -2.23. The minimum absolute atomic E-state index is 0.164. The third kappa shape index (κ3) is 7.18. The molecular formula is C28H33N3O4S. The van der Waals surface area contributed by atoms with Crippen molar-refractivity contribution in [3.63, 3.8) is 0 Å². The van der Waals surface area contributed by atoms with Gasteiger partial charge < -0.3 is 10.2 Å². The van der Waals surface area contributed by atoms with Gasteiger partial charge in [-0.2, -0.15) is 0 Å². The molecule has 0 spiro atoms. The number of amides is 2. The lowest BCUT2D eigenvalue weighted by Gasteiger charge is -2.33. The van der Waals surface area contributed by atoms with E-state index >= 15 is 0 Å². The number of carbonyl (C=O) groups excluding carboxylic acids is 2. The maximum atomic E-state index is 13.8. The fourth-order valence-corrected chi connectivity index (χ4v) is 4.86. The Kier molecular flexibility index (Phi) is 9.25. The number of aryl methyl sites for hydroxylation is 1. The quantitative estimate of drug-likeness (QED) is 0.431. The monoisotopic (exact) mass is 507 g/mol. The van der Waals surface area contributed by atoms with Crippen LogP contribution >= 0.6 is 0 Å². The summed E-state index contributed by atoms with van der Waals surface area (Å²) in [4.78, 5) is 28.3. The third-order valence-corrected chi connectivity index (χ3v) is 7.17. The molecule has 3 rings (SSSR count). The molecule has 1 N–H and O–H groups in total. The second-order valence-corrected chi connectivity index (χ2v) is 10.5. The molecule has 0 aliphatic rings. The zero-order chi connectivity index (χ0) is 26.1. The van der Waals surface area contributed by atoms with Gasteiger partial charge in [-0.3, -0.25) is 13.9 Å². The number of hydrogen-bond donors (Lipinski definition) is 1. The number of rotatable bonds is 11. The lowest BCUT2D eigenvalue weighted by Crippen LogP contribution is -2.52. The summed E-state index contributed by atoms with van der Waals surface area (Å²) in [6.45, 7) is 1.76. The molecule has 0 radical (unpaired) electrons. The molecule has 8 heteroatoms. The number of nitrogens with one attached hydrogen (secondary N) is 1. The maximum Gasteiger partial charge on any atom is 0.244 e. The van der Waals surface area contributed by atoms with E-state index in [4.69, 9.17) is 0 Å². The number of nitrogens with zero attached hydrogens (tertiary/aromatic N) is 2. The molecule has 0 aromatic heterocycles. The first-order chi connectivity index (χ1) is 17.2. The highest BCUT2D eigenvalue weighted by atomic mass is 32.2. The van der Waals surface area contributed by atoms with Crippen molar-refractivity contribution in [3.05, 3.63) is 102 Å². The average Bonchev–Trinajstić information content (AvgIpc) is 2.89. The number of sulfonamides is 1. The molecule has 36 heavy (non-hydrogen) atoms. The van der Waals surface area contributed by atoms with Crippen LogP contribution in [-0.2, 0) is 39.0 Å². The topological polar surface area (TPSA) is 86.8 Å². The molecule has 0 saturated carbocycles. The first kappa shape index (κ1) is 26.9. The molecule has 1 atom stereocenters. The lowest BCUT2D eigenvalue weighted by atomic mass is 10.0. The Bertz CT molecular complexity index is 1250. The van der Waals surface area contributed by atoms with Crippen molar-refractivity contribution < 1.29 is 18.0 Å². The molecule has 0 fully saturated rings. The van der Waals surface area contributed by atoms with Crippen LogP contribution in [0.25, 0.3) is 0 Å². The largest absolute Gasteiger partial charge is 0.357 e. The summed E-state index contributed by atoms with van der Waals surface area (Å²) in [5.74, 6) is -0.783. The van der Waals surface area contributed by atoms with Crippen LogP contribution in [0, 0.1) is 0 Å². The van der Waals surface area contributed by atoms with Gasteiger partial charge in [0.2, 0.25) is 21.8 Å². The van der Waals surface area contributed by atoms with Gasteiger partial charge >= 0.3 is 0 Å². The van der Waals surface area contributed by atoms with E-state index in [0.717, 1.165) is 33.7 Å². The summed E-state index contributed by atoms with van der Waals surface area (Å²) in [6, 6.07) is 25.1. The average molecular weight is 508 g/mol. The molecule has 0 aliphatic carbocycles. The van der Waals surface area contributed by atoms with Crippen molar-refractivity contribution in [3.8, 4) is 0 Å². The Morgan fingerprint density at radius 2 is 1.39 bits per heavy atom. The van der Waals surface area contributed by atoms with E-state index < -0.39 is 28.5 Å². The number of anilines is 1. The summed E-state index contributed by atoms with van der Waals surface area (Å²) in [5.41, 5.74) is 3.20. The van der Waals surface area contributed by atoms with Crippen LogP contribution in [0.2, 0.25) is 0 Å². The second kappa shape index (κ2) is 12.4. The maximum absolute atomic E-state index is 13.8. The Morgan fingerprint density at radius 1 is 0.833 bits per heavy atom. The van der Waals surface area contributed by atoms with E-state index in [2.05, 4.69) is 5.32 Å². The molecule has 190 valence electrons.